The highest BCUT2D eigenvalue weighted by Gasteiger charge is 2.18. The Morgan fingerprint density at radius 2 is 1.94 bits per heavy atom. The van der Waals surface area contributed by atoms with Gasteiger partial charge in [-0.3, -0.25) is 0 Å². The van der Waals surface area contributed by atoms with Gasteiger partial charge in [0.1, 0.15) is 0 Å². The van der Waals surface area contributed by atoms with Crippen LogP contribution < -0.4 is 10.2 Å². The number of nitrogens with zero attached hydrogens (tertiary/aromatic N) is 2. The molecule has 1 N–H and O–H groups in total. The van der Waals surface area contributed by atoms with E-state index < -0.39 is 0 Å². The van der Waals surface area contributed by atoms with Crippen LogP contribution in [0.15, 0.2) is 24.3 Å². The first kappa shape index (κ1) is 11.9. The molecule has 1 fully saturated rings. The number of anilines is 1. The van der Waals surface area contributed by atoms with Gasteiger partial charge in [-0.15, -0.1) is 0 Å². The second-order valence-corrected chi connectivity index (χ2v) is 4.65. The van der Waals surface area contributed by atoms with Gasteiger partial charge in [0.05, 0.1) is 11.6 Å². The summed E-state index contributed by atoms with van der Waals surface area (Å²) in [6.45, 7) is 3.37. The Hall–Kier alpha value is -1.53. The van der Waals surface area contributed by atoms with Crippen molar-refractivity contribution in [2.45, 2.75) is 12.8 Å². The molecule has 0 aliphatic carbocycles. The highest BCUT2D eigenvalue weighted by Crippen LogP contribution is 2.23. The van der Waals surface area contributed by atoms with E-state index in [1.807, 2.05) is 19.2 Å². The minimum atomic E-state index is 0.735. The Kier molecular flexibility index (Phi) is 4.00. The molecule has 1 heterocycles. The van der Waals surface area contributed by atoms with Crippen molar-refractivity contribution in [2.24, 2.45) is 5.92 Å². The molecule has 3 heteroatoms. The number of piperidine rings is 1. The molecule has 1 aliphatic heterocycles. The van der Waals surface area contributed by atoms with Crippen molar-refractivity contribution < 1.29 is 0 Å². The van der Waals surface area contributed by atoms with Gasteiger partial charge >= 0.3 is 0 Å². The molecular weight excluding hydrogens is 210 g/mol. The smallest absolute Gasteiger partial charge is 0.0991 e. The Morgan fingerprint density at radius 3 is 2.47 bits per heavy atom. The Morgan fingerprint density at radius 1 is 1.29 bits per heavy atom. The van der Waals surface area contributed by atoms with Gasteiger partial charge in [0.15, 0.2) is 0 Å². The van der Waals surface area contributed by atoms with E-state index in [1.165, 1.54) is 18.5 Å². The van der Waals surface area contributed by atoms with Crippen molar-refractivity contribution in [2.75, 3.05) is 31.6 Å². The van der Waals surface area contributed by atoms with E-state index in [0.717, 1.165) is 31.1 Å². The highest BCUT2D eigenvalue weighted by molar-refractivity contribution is 5.49. The van der Waals surface area contributed by atoms with Crippen molar-refractivity contribution in [3.8, 4) is 6.07 Å². The maximum Gasteiger partial charge on any atom is 0.0991 e. The summed E-state index contributed by atoms with van der Waals surface area (Å²) in [5.41, 5.74) is 1.98. The number of nitriles is 1. The summed E-state index contributed by atoms with van der Waals surface area (Å²) < 4.78 is 0. The van der Waals surface area contributed by atoms with Crippen molar-refractivity contribution >= 4 is 5.69 Å². The van der Waals surface area contributed by atoms with E-state index in [4.69, 9.17) is 5.26 Å². The lowest BCUT2D eigenvalue weighted by Crippen LogP contribution is -2.36. The van der Waals surface area contributed by atoms with Crippen LogP contribution in [0.2, 0.25) is 0 Å². The van der Waals surface area contributed by atoms with Crippen molar-refractivity contribution in [1.82, 2.24) is 5.32 Å². The summed E-state index contributed by atoms with van der Waals surface area (Å²) in [4.78, 5) is 2.41. The SMILES string of the molecule is CNCC1CCN(c2ccc(C#N)cc2)CC1. The third-order valence-corrected chi connectivity index (χ3v) is 3.47. The molecule has 0 amide bonds. The molecule has 90 valence electrons. The largest absolute Gasteiger partial charge is 0.372 e. The van der Waals surface area contributed by atoms with Crippen LogP contribution >= 0.6 is 0 Å². The molecule has 3 nitrogen and oxygen atoms in total. The molecule has 1 aromatic carbocycles. The second-order valence-electron chi connectivity index (χ2n) is 4.65. The predicted octanol–water partition coefficient (Wildman–Crippen LogP) is 1.99. The van der Waals surface area contributed by atoms with Crippen LogP contribution in [0.4, 0.5) is 5.69 Å². The van der Waals surface area contributed by atoms with E-state index in [2.05, 4.69) is 28.4 Å². The van der Waals surface area contributed by atoms with Crippen LogP contribution in [0.25, 0.3) is 0 Å². The number of rotatable bonds is 3. The monoisotopic (exact) mass is 229 g/mol. The van der Waals surface area contributed by atoms with Gasteiger partial charge in [-0.2, -0.15) is 5.26 Å². The van der Waals surface area contributed by atoms with Gasteiger partial charge in [-0.25, -0.2) is 0 Å². The van der Waals surface area contributed by atoms with Gasteiger partial charge in [0.2, 0.25) is 0 Å². The van der Waals surface area contributed by atoms with E-state index in [0.29, 0.717) is 0 Å². The highest BCUT2D eigenvalue weighted by atomic mass is 15.1. The first-order chi connectivity index (χ1) is 8.33. The third kappa shape index (κ3) is 2.98. The molecule has 0 radical (unpaired) electrons. The molecule has 0 bridgehead atoms. The first-order valence-corrected chi connectivity index (χ1v) is 6.23. The summed E-state index contributed by atoms with van der Waals surface area (Å²) in [6.07, 6.45) is 2.50. The molecule has 0 unspecified atom stereocenters. The van der Waals surface area contributed by atoms with Crippen LogP contribution in [-0.4, -0.2) is 26.7 Å². The fourth-order valence-electron chi connectivity index (χ4n) is 2.43. The summed E-state index contributed by atoms with van der Waals surface area (Å²) in [7, 11) is 2.02. The van der Waals surface area contributed by atoms with Gasteiger partial charge < -0.3 is 10.2 Å². The fourth-order valence-corrected chi connectivity index (χ4v) is 2.43. The number of benzene rings is 1. The number of nitrogens with one attached hydrogen (secondary N) is 1. The molecule has 0 atom stereocenters. The van der Waals surface area contributed by atoms with E-state index in [-0.39, 0.29) is 0 Å². The van der Waals surface area contributed by atoms with Gasteiger partial charge in [0.25, 0.3) is 0 Å². The third-order valence-electron chi connectivity index (χ3n) is 3.47. The lowest BCUT2D eigenvalue weighted by Gasteiger charge is -2.33. The van der Waals surface area contributed by atoms with Gasteiger partial charge in [0, 0.05) is 18.8 Å². The van der Waals surface area contributed by atoms with Crippen molar-refractivity contribution in [3.05, 3.63) is 29.8 Å². The fraction of sp³-hybridized carbons (Fsp3) is 0.500. The normalized spacial score (nSPS) is 16.8. The number of hydrogen-bond donors (Lipinski definition) is 1. The van der Waals surface area contributed by atoms with Crippen molar-refractivity contribution in [1.29, 1.82) is 5.26 Å². The molecule has 0 aromatic heterocycles. The van der Waals surface area contributed by atoms with E-state index in [1.54, 1.807) is 0 Å². The van der Waals surface area contributed by atoms with Crippen LogP contribution in [-0.2, 0) is 0 Å². The van der Waals surface area contributed by atoms with Crippen LogP contribution in [0.5, 0.6) is 0 Å². The van der Waals surface area contributed by atoms with E-state index >= 15 is 0 Å². The maximum atomic E-state index is 8.76. The predicted molar refractivity (Wildman–Crippen MR) is 70.0 cm³/mol. The van der Waals surface area contributed by atoms with Crippen molar-refractivity contribution in [3.63, 3.8) is 0 Å². The van der Waals surface area contributed by atoms with Crippen LogP contribution in [0.1, 0.15) is 18.4 Å². The summed E-state index contributed by atoms with van der Waals surface area (Å²) >= 11 is 0. The number of hydrogen-bond acceptors (Lipinski definition) is 3. The minimum Gasteiger partial charge on any atom is -0.372 e. The molecule has 1 aromatic rings. The standard InChI is InChI=1S/C14H19N3/c1-16-11-13-6-8-17(9-7-13)14-4-2-12(10-15)3-5-14/h2-5,13,16H,6-9,11H2,1H3. The Balaban J connectivity index is 1.94. The topological polar surface area (TPSA) is 39.1 Å². The molecule has 0 saturated carbocycles. The maximum absolute atomic E-state index is 8.76. The van der Waals surface area contributed by atoms with Gasteiger partial charge in [-0.1, -0.05) is 0 Å². The molecular formula is C14H19N3. The Bertz CT molecular complexity index is 383. The lowest BCUT2D eigenvalue weighted by molar-refractivity contribution is 0.393. The molecule has 2 rings (SSSR count). The zero-order chi connectivity index (χ0) is 12.1. The quantitative estimate of drug-likeness (QED) is 0.861. The molecule has 0 spiro atoms. The van der Waals surface area contributed by atoms with E-state index in [9.17, 15) is 0 Å². The summed E-state index contributed by atoms with van der Waals surface area (Å²) in [6, 6.07) is 10.1. The molecule has 17 heavy (non-hydrogen) atoms. The van der Waals surface area contributed by atoms with Crippen LogP contribution in [0.3, 0.4) is 0 Å². The first-order valence-electron chi connectivity index (χ1n) is 6.23. The zero-order valence-electron chi connectivity index (χ0n) is 10.3. The van der Waals surface area contributed by atoms with Gasteiger partial charge in [-0.05, 0) is 56.6 Å². The minimum absolute atomic E-state index is 0.735. The summed E-state index contributed by atoms with van der Waals surface area (Å²) in [5.74, 6) is 0.814. The molecule has 1 saturated heterocycles. The lowest BCUT2D eigenvalue weighted by atomic mass is 9.96. The Labute approximate surface area is 103 Å². The second kappa shape index (κ2) is 5.70. The average Bonchev–Trinajstić information content (AvgIpc) is 2.40. The summed E-state index contributed by atoms with van der Waals surface area (Å²) in [5, 5.41) is 12.0. The zero-order valence-corrected chi connectivity index (χ0v) is 10.3. The molecule has 1 aliphatic rings. The average molecular weight is 229 g/mol. The van der Waals surface area contributed by atoms with Crippen LogP contribution in [0, 0.1) is 17.2 Å².